The Morgan fingerprint density at radius 3 is 3.12 bits per heavy atom. The van der Waals surface area contributed by atoms with Crippen LogP contribution in [-0.4, -0.2) is 29.1 Å². The number of hydrogen-bond acceptors (Lipinski definition) is 6. The van der Waals surface area contributed by atoms with Gasteiger partial charge in [-0.2, -0.15) is 4.98 Å². The molecule has 3 N–H and O–H groups in total. The molecular weight excluding hydrogens is 276 g/mol. The molecule has 1 rings (SSSR count). The van der Waals surface area contributed by atoms with Crippen molar-refractivity contribution in [2.75, 3.05) is 24.2 Å². The molecule has 0 saturated heterocycles. The molecule has 0 unspecified atom stereocenters. The van der Waals surface area contributed by atoms with Gasteiger partial charge < -0.3 is 15.8 Å². The predicted octanol–water partition coefficient (Wildman–Crippen LogP) is 1.19. The number of halogens is 1. The maximum absolute atomic E-state index is 11.1. The van der Waals surface area contributed by atoms with Gasteiger partial charge in [-0.3, -0.25) is 4.79 Å². The van der Waals surface area contributed by atoms with E-state index in [2.05, 4.69) is 31.2 Å². The SMILES string of the molecule is CCOC(=O)CCNc1nc(N)ncc1Br. The molecule has 0 bridgehead atoms. The minimum Gasteiger partial charge on any atom is -0.466 e. The van der Waals surface area contributed by atoms with E-state index in [9.17, 15) is 4.79 Å². The van der Waals surface area contributed by atoms with Gasteiger partial charge in [0.25, 0.3) is 0 Å². The summed E-state index contributed by atoms with van der Waals surface area (Å²) in [5.74, 6) is 0.506. The highest BCUT2D eigenvalue weighted by Crippen LogP contribution is 2.18. The molecule has 0 aliphatic heterocycles. The second-order valence-corrected chi connectivity index (χ2v) is 3.76. The molecule has 0 aliphatic rings. The number of hydrogen-bond donors (Lipinski definition) is 2. The van der Waals surface area contributed by atoms with Crippen molar-refractivity contribution in [2.45, 2.75) is 13.3 Å². The number of nitrogens with two attached hydrogens (primary N) is 1. The molecule has 0 fully saturated rings. The number of anilines is 2. The van der Waals surface area contributed by atoms with E-state index in [1.807, 2.05) is 0 Å². The molecule has 0 aromatic carbocycles. The first-order valence-corrected chi connectivity index (χ1v) is 5.60. The molecule has 0 aliphatic carbocycles. The maximum atomic E-state index is 11.1. The first kappa shape index (κ1) is 12.7. The number of nitrogens with one attached hydrogen (secondary N) is 1. The van der Waals surface area contributed by atoms with Gasteiger partial charge in [0.2, 0.25) is 5.95 Å². The molecule has 1 heterocycles. The number of nitrogen functional groups attached to an aromatic ring is 1. The van der Waals surface area contributed by atoms with Crippen LogP contribution in [-0.2, 0) is 9.53 Å². The van der Waals surface area contributed by atoms with Crippen molar-refractivity contribution < 1.29 is 9.53 Å². The average molecular weight is 289 g/mol. The van der Waals surface area contributed by atoms with E-state index in [4.69, 9.17) is 10.5 Å². The molecule has 0 radical (unpaired) electrons. The molecule has 0 atom stereocenters. The number of carbonyl (C=O) groups excluding carboxylic acids is 1. The van der Waals surface area contributed by atoms with Crippen molar-refractivity contribution in [2.24, 2.45) is 0 Å². The zero-order valence-corrected chi connectivity index (χ0v) is 10.5. The Labute approximate surface area is 102 Å². The summed E-state index contributed by atoms with van der Waals surface area (Å²) in [7, 11) is 0. The van der Waals surface area contributed by atoms with Crippen molar-refractivity contribution in [1.29, 1.82) is 0 Å². The quantitative estimate of drug-likeness (QED) is 0.791. The average Bonchev–Trinajstić information content (AvgIpc) is 2.23. The summed E-state index contributed by atoms with van der Waals surface area (Å²) in [5, 5.41) is 2.96. The lowest BCUT2D eigenvalue weighted by Crippen LogP contribution is -2.12. The fraction of sp³-hybridized carbons (Fsp3) is 0.444. The number of carbonyl (C=O) groups is 1. The van der Waals surface area contributed by atoms with Crippen LogP contribution in [0.1, 0.15) is 13.3 Å². The third-order valence-corrected chi connectivity index (χ3v) is 2.27. The van der Waals surface area contributed by atoms with Crippen LogP contribution in [0.15, 0.2) is 10.7 Å². The van der Waals surface area contributed by atoms with E-state index in [0.29, 0.717) is 23.4 Å². The summed E-state index contributed by atoms with van der Waals surface area (Å²) in [4.78, 5) is 18.8. The molecule has 0 saturated carbocycles. The van der Waals surface area contributed by atoms with Gasteiger partial charge >= 0.3 is 5.97 Å². The maximum Gasteiger partial charge on any atom is 0.307 e. The van der Waals surface area contributed by atoms with Crippen molar-refractivity contribution in [1.82, 2.24) is 9.97 Å². The van der Waals surface area contributed by atoms with Gasteiger partial charge in [0.15, 0.2) is 0 Å². The minimum atomic E-state index is -0.242. The first-order chi connectivity index (χ1) is 7.63. The monoisotopic (exact) mass is 288 g/mol. The van der Waals surface area contributed by atoms with Crippen LogP contribution in [0.2, 0.25) is 0 Å². The molecule has 1 aromatic rings. The van der Waals surface area contributed by atoms with Crippen molar-refractivity contribution in [3.63, 3.8) is 0 Å². The molecule has 88 valence electrons. The summed E-state index contributed by atoms with van der Waals surface area (Å²) >= 11 is 3.27. The minimum absolute atomic E-state index is 0.182. The van der Waals surface area contributed by atoms with Crippen LogP contribution in [0.3, 0.4) is 0 Å². The van der Waals surface area contributed by atoms with Crippen LogP contribution in [0.5, 0.6) is 0 Å². The van der Waals surface area contributed by atoms with E-state index in [1.165, 1.54) is 0 Å². The summed E-state index contributed by atoms with van der Waals surface area (Å²) in [5.41, 5.74) is 5.43. The topological polar surface area (TPSA) is 90.1 Å². The second-order valence-electron chi connectivity index (χ2n) is 2.91. The van der Waals surface area contributed by atoms with Crippen LogP contribution in [0, 0.1) is 0 Å². The Morgan fingerprint density at radius 2 is 2.44 bits per heavy atom. The van der Waals surface area contributed by atoms with E-state index >= 15 is 0 Å². The molecule has 0 spiro atoms. The number of ether oxygens (including phenoxy) is 1. The Balaban J connectivity index is 2.42. The zero-order valence-electron chi connectivity index (χ0n) is 8.86. The molecular formula is C9H13BrN4O2. The highest BCUT2D eigenvalue weighted by atomic mass is 79.9. The lowest BCUT2D eigenvalue weighted by molar-refractivity contribution is -0.142. The first-order valence-electron chi connectivity index (χ1n) is 4.81. The van der Waals surface area contributed by atoms with E-state index < -0.39 is 0 Å². The van der Waals surface area contributed by atoms with Crippen molar-refractivity contribution >= 4 is 33.7 Å². The third kappa shape index (κ3) is 4.01. The molecule has 6 nitrogen and oxygen atoms in total. The van der Waals surface area contributed by atoms with Crippen LogP contribution >= 0.6 is 15.9 Å². The molecule has 7 heteroatoms. The second kappa shape index (κ2) is 6.26. The van der Waals surface area contributed by atoms with Crippen LogP contribution < -0.4 is 11.1 Å². The fourth-order valence-corrected chi connectivity index (χ4v) is 1.35. The van der Waals surface area contributed by atoms with E-state index in [1.54, 1.807) is 13.1 Å². The summed E-state index contributed by atoms with van der Waals surface area (Å²) in [6.07, 6.45) is 1.83. The summed E-state index contributed by atoms with van der Waals surface area (Å²) < 4.78 is 5.49. The van der Waals surface area contributed by atoms with Gasteiger partial charge in [-0.1, -0.05) is 0 Å². The Morgan fingerprint density at radius 1 is 1.69 bits per heavy atom. The van der Waals surface area contributed by atoms with Gasteiger partial charge in [-0.05, 0) is 22.9 Å². The van der Waals surface area contributed by atoms with E-state index in [-0.39, 0.29) is 18.3 Å². The van der Waals surface area contributed by atoms with Crippen LogP contribution in [0.4, 0.5) is 11.8 Å². The molecule has 0 amide bonds. The molecule has 16 heavy (non-hydrogen) atoms. The number of esters is 1. The normalized spacial score (nSPS) is 9.88. The lowest BCUT2D eigenvalue weighted by Gasteiger charge is -2.07. The Kier molecular flexibility index (Phi) is 4.97. The molecule has 1 aromatic heterocycles. The summed E-state index contributed by atoms with van der Waals surface area (Å²) in [6.45, 7) is 2.60. The number of rotatable bonds is 5. The predicted molar refractivity (Wildman–Crippen MR) is 63.9 cm³/mol. The lowest BCUT2D eigenvalue weighted by atomic mass is 10.4. The zero-order chi connectivity index (χ0) is 12.0. The van der Waals surface area contributed by atoms with E-state index in [0.717, 1.165) is 0 Å². The smallest absolute Gasteiger partial charge is 0.307 e. The van der Waals surface area contributed by atoms with Crippen LogP contribution in [0.25, 0.3) is 0 Å². The van der Waals surface area contributed by atoms with Gasteiger partial charge in [0.05, 0.1) is 17.5 Å². The van der Waals surface area contributed by atoms with Gasteiger partial charge in [-0.15, -0.1) is 0 Å². The van der Waals surface area contributed by atoms with Gasteiger partial charge in [-0.25, -0.2) is 4.98 Å². The third-order valence-electron chi connectivity index (χ3n) is 1.69. The van der Waals surface area contributed by atoms with Gasteiger partial charge in [0.1, 0.15) is 5.82 Å². The number of aromatic nitrogens is 2. The highest BCUT2D eigenvalue weighted by Gasteiger charge is 2.05. The van der Waals surface area contributed by atoms with Gasteiger partial charge in [0, 0.05) is 12.7 Å². The largest absolute Gasteiger partial charge is 0.466 e. The number of nitrogens with zero attached hydrogens (tertiary/aromatic N) is 2. The Hall–Kier alpha value is -1.37. The van der Waals surface area contributed by atoms with Crippen molar-refractivity contribution in [3.05, 3.63) is 10.7 Å². The van der Waals surface area contributed by atoms with Crippen molar-refractivity contribution in [3.8, 4) is 0 Å². The Bertz CT molecular complexity index is 373. The summed E-state index contributed by atoms with van der Waals surface area (Å²) in [6, 6.07) is 0. The fourth-order valence-electron chi connectivity index (χ4n) is 1.02. The highest BCUT2D eigenvalue weighted by molar-refractivity contribution is 9.10. The standard InChI is InChI=1S/C9H13BrN4O2/c1-2-16-7(15)3-4-12-8-6(10)5-13-9(11)14-8/h5H,2-4H2,1H3,(H3,11,12,13,14).